The number of rotatable bonds is 0. The van der Waals surface area contributed by atoms with E-state index in [0.717, 1.165) is 29.8 Å². The van der Waals surface area contributed by atoms with E-state index in [2.05, 4.69) is 36.8 Å². The molecule has 0 aromatic carbocycles. The van der Waals surface area contributed by atoms with Crippen LogP contribution in [0.3, 0.4) is 0 Å². The minimum Gasteiger partial charge on any atom is -0.383 e. The number of fused-ring (bicyclic) bond motifs is 1. The third-order valence-corrected chi connectivity index (χ3v) is 2.68. The van der Waals surface area contributed by atoms with Gasteiger partial charge in [0.1, 0.15) is 5.82 Å². The molecular weight excluding hydrogens is 186 g/mol. The quantitative estimate of drug-likeness (QED) is 0.700. The maximum absolute atomic E-state index is 5.98. The van der Waals surface area contributed by atoms with Gasteiger partial charge in [-0.1, -0.05) is 20.8 Å². The highest BCUT2D eigenvalue weighted by molar-refractivity contribution is 5.83. The summed E-state index contributed by atoms with van der Waals surface area (Å²) in [6.07, 6.45) is 2.81. The molecule has 0 aliphatic carbocycles. The standard InChI is InChI=1S/C12H17N3/c1-12(2,3)9-6-8-7-14-5-4-10(8)15-11(9)13/h6-7H,4-5H2,1-3H3,(H2,13,15). The largest absolute Gasteiger partial charge is 0.383 e. The van der Waals surface area contributed by atoms with Crippen LogP contribution in [0.15, 0.2) is 11.1 Å². The van der Waals surface area contributed by atoms with Crippen LogP contribution in [0.5, 0.6) is 0 Å². The first-order valence-corrected chi connectivity index (χ1v) is 5.28. The van der Waals surface area contributed by atoms with Gasteiger partial charge in [0.2, 0.25) is 0 Å². The second-order valence-electron chi connectivity index (χ2n) is 4.99. The smallest absolute Gasteiger partial charge is 0.127 e. The average Bonchev–Trinajstić information content (AvgIpc) is 2.15. The number of anilines is 1. The Bertz CT molecular complexity index is 414. The summed E-state index contributed by atoms with van der Waals surface area (Å²) in [5.41, 5.74) is 9.32. The molecule has 0 fully saturated rings. The summed E-state index contributed by atoms with van der Waals surface area (Å²) in [5, 5.41) is 0. The van der Waals surface area contributed by atoms with Gasteiger partial charge in [-0.2, -0.15) is 0 Å². The van der Waals surface area contributed by atoms with Crippen molar-refractivity contribution in [3.05, 3.63) is 22.9 Å². The van der Waals surface area contributed by atoms with Gasteiger partial charge in [-0.3, -0.25) is 4.99 Å². The van der Waals surface area contributed by atoms with Gasteiger partial charge in [0, 0.05) is 30.3 Å². The maximum Gasteiger partial charge on any atom is 0.127 e. The van der Waals surface area contributed by atoms with Gasteiger partial charge in [0.05, 0.1) is 5.69 Å². The normalized spacial score (nSPS) is 15.1. The summed E-state index contributed by atoms with van der Waals surface area (Å²) in [6, 6.07) is 2.13. The summed E-state index contributed by atoms with van der Waals surface area (Å²) >= 11 is 0. The van der Waals surface area contributed by atoms with E-state index in [0.29, 0.717) is 5.82 Å². The van der Waals surface area contributed by atoms with Crippen LogP contribution in [0, 0.1) is 0 Å². The van der Waals surface area contributed by atoms with Crippen LogP contribution in [0.25, 0.3) is 0 Å². The fourth-order valence-electron chi connectivity index (χ4n) is 1.83. The molecule has 1 aliphatic rings. The van der Waals surface area contributed by atoms with Crippen molar-refractivity contribution >= 4 is 12.0 Å². The summed E-state index contributed by atoms with van der Waals surface area (Å²) < 4.78 is 0. The molecule has 15 heavy (non-hydrogen) atoms. The number of pyridine rings is 1. The molecule has 0 radical (unpaired) electrons. The molecule has 1 aromatic rings. The molecule has 0 unspecified atom stereocenters. The lowest BCUT2D eigenvalue weighted by Gasteiger charge is -2.22. The van der Waals surface area contributed by atoms with Crippen molar-refractivity contribution in [3.8, 4) is 0 Å². The lowest BCUT2D eigenvalue weighted by atomic mass is 9.86. The van der Waals surface area contributed by atoms with E-state index in [9.17, 15) is 0 Å². The molecule has 0 saturated carbocycles. The number of aliphatic imine (C=N–C) groups is 1. The van der Waals surface area contributed by atoms with Crippen LogP contribution in [0.4, 0.5) is 5.82 Å². The Morgan fingerprint density at radius 3 is 2.73 bits per heavy atom. The lowest BCUT2D eigenvalue weighted by Crippen LogP contribution is -2.18. The number of aromatic nitrogens is 1. The van der Waals surface area contributed by atoms with Crippen LogP contribution in [-0.2, 0) is 11.8 Å². The molecule has 0 saturated heterocycles. The van der Waals surface area contributed by atoms with Gasteiger partial charge < -0.3 is 5.73 Å². The van der Waals surface area contributed by atoms with E-state index in [1.807, 2.05) is 6.21 Å². The number of nitrogen functional groups attached to an aromatic ring is 1. The van der Waals surface area contributed by atoms with Crippen molar-refractivity contribution < 1.29 is 0 Å². The van der Waals surface area contributed by atoms with Crippen molar-refractivity contribution in [3.63, 3.8) is 0 Å². The Kier molecular flexibility index (Phi) is 2.25. The van der Waals surface area contributed by atoms with Crippen molar-refractivity contribution in [1.82, 2.24) is 4.98 Å². The van der Waals surface area contributed by atoms with Crippen molar-refractivity contribution in [2.45, 2.75) is 32.6 Å². The molecule has 0 atom stereocenters. The molecule has 2 N–H and O–H groups in total. The molecular formula is C12H17N3. The van der Waals surface area contributed by atoms with E-state index >= 15 is 0 Å². The van der Waals surface area contributed by atoms with Crippen LogP contribution >= 0.6 is 0 Å². The highest BCUT2D eigenvalue weighted by Gasteiger charge is 2.20. The van der Waals surface area contributed by atoms with Crippen LogP contribution in [0.2, 0.25) is 0 Å². The molecule has 3 heteroatoms. The Labute approximate surface area is 90.4 Å². The third kappa shape index (κ3) is 1.87. The van der Waals surface area contributed by atoms with Crippen LogP contribution < -0.4 is 5.73 Å². The molecule has 0 amide bonds. The van der Waals surface area contributed by atoms with Crippen molar-refractivity contribution in [1.29, 1.82) is 0 Å². The van der Waals surface area contributed by atoms with Gasteiger partial charge >= 0.3 is 0 Å². The number of nitrogens with zero attached hydrogens (tertiary/aromatic N) is 2. The summed E-state index contributed by atoms with van der Waals surface area (Å²) in [6.45, 7) is 7.26. The third-order valence-electron chi connectivity index (χ3n) is 2.68. The monoisotopic (exact) mass is 203 g/mol. The average molecular weight is 203 g/mol. The predicted octanol–water partition coefficient (Wildman–Crippen LogP) is 1.94. The van der Waals surface area contributed by atoms with E-state index < -0.39 is 0 Å². The summed E-state index contributed by atoms with van der Waals surface area (Å²) in [5.74, 6) is 0.663. The van der Waals surface area contributed by atoms with Gasteiger partial charge in [0.15, 0.2) is 0 Å². The van der Waals surface area contributed by atoms with E-state index in [-0.39, 0.29) is 5.41 Å². The fraction of sp³-hybridized carbons (Fsp3) is 0.500. The van der Waals surface area contributed by atoms with Crippen LogP contribution in [0.1, 0.15) is 37.6 Å². The van der Waals surface area contributed by atoms with E-state index in [1.54, 1.807) is 0 Å². The SMILES string of the molecule is CC(C)(C)c1cc2c(nc1N)CCN=C2. The minimum atomic E-state index is 0.0391. The zero-order chi connectivity index (χ0) is 11.1. The molecule has 80 valence electrons. The molecule has 1 aliphatic heterocycles. The Morgan fingerprint density at radius 1 is 1.33 bits per heavy atom. The Morgan fingerprint density at radius 2 is 2.07 bits per heavy atom. The first-order chi connectivity index (χ1) is 6.98. The van der Waals surface area contributed by atoms with Gasteiger partial charge in [-0.25, -0.2) is 4.98 Å². The highest BCUT2D eigenvalue weighted by atomic mass is 14.9. The van der Waals surface area contributed by atoms with Gasteiger partial charge in [-0.05, 0) is 11.5 Å². The van der Waals surface area contributed by atoms with E-state index in [1.165, 1.54) is 0 Å². The first-order valence-electron chi connectivity index (χ1n) is 5.28. The highest BCUT2D eigenvalue weighted by Crippen LogP contribution is 2.28. The van der Waals surface area contributed by atoms with Gasteiger partial charge in [0.25, 0.3) is 0 Å². The second kappa shape index (κ2) is 3.33. The molecule has 1 aromatic heterocycles. The molecule has 3 nitrogen and oxygen atoms in total. The second-order valence-corrected chi connectivity index (χ2v) is 4.99. The summed E-state index contributed by atoms with van der Waals surface area (Å²) in [7, 11) is 0. The molecule has 0 bridgehead atoms. The Hall–Kier alpha value is -1.38. The molecule has 2 rings (SSSR count). The van der Waals surface area contributed by atoms with Crippen molar-refractivity contribution in [2.75, 3.05) is 12.3 Å². The predicted molar refractivity (Wildman–Crippen MR) is 63.5 cm³/mol. The van der Waals surface area contributed by atoms with Crippen molar-refractivity contribution in [2.24, 2.45) is 4.99 Å². The number of nitrogens with two attached hydrogens (primary N) is 1. The lowest BCUT2D eigenvalue weighted by molar-refractivity contribution is 0.589. The van der Waals surface area contributed by atoms with E-state index in [4.69, 9.17) is 5.73 Å². The summed E-state index contributed by atoms with van der Waals surface area (Å²) in [4.78, 5) is 8.73. The zero-order valence-corrected chi connectivity index (χ0v) is 9.54. The van der Waals surface area contributed by atoms with Gasteiger partial charge in [-0.15, -0.1) is 0 Å². The van der Waals surface area contributed by atoms with Crippen LogP contribution in [-0.4, -0.2) is 17.7 Å². The first kappa shape index (κ1) is 10.1. The molecule has 0 spiro atoms. The number of hydrogen-bond acceptors (Lipinski definition) is 3. The fourth-order valence-corrected chi connectivity index (χ4v) is 1.83. The Balaban J connectivity index is 2.56. The minimum absolute atomic E-state index is 0.0391. The maximum atomic E-state index is 5.98. The topological polar surface area (TPSA) is 51.3 Å². The zero-order valence-electron chi connectivity index (χ0n) is 9.54. The number of hydrogen-bond donors (Lipinski definition) is 1. The molecule has 2 heterocycles.